The van der Waals surface area contributed by atoms with Gasteiger partial charge in [0.1, 0.15) is 19.8 Å². The van der Waals surface area contributed by atoms with Crippen molar-refractivity contribution < 1.29 is 42.1 Å². The Morgan fingerprint density at radius 2 is 1.06 bits per heavy atom. The van der Waals surface area contributed by atoms with Gasteiger partial charge in [0, 0.05) is 12.8 Å². The molecule has 0 aromatic rings. The first-order chi connectivity index (χ1) is 24.5. The van der Waals surface area contributed by atoms with Gasteiger partial charge in [0.05, 0.1) is 27.7 Å². The van der Waals surface area contributed by atoms with E-state index in [2.05, 4.69) is 62.5 Å². The van der Waals surface area contributed by atoms with E-state index in [4.69, 9.17) is 18.5 Å². The summed E-state index contributed by atoms with van der Waals surface area (Å²) >= 11 is 0. The quantitative estimate of drug-likeness (QED) is 0.0208. The van der Waals surface area contributed by atoms with Crippen LogP contribution in [0.15, 0.2) is 48.6 Å². The molecule has 9 nitrogen and oxygen atoms in total. The van der Waals surface area contributed by atoms with Crippen LogP contribution >= 0.6 is 7.82 Å². The Hall–Kier alpha value is -2.03. The minimum atomic E-state index is -4.62. The van der Waals surface area contributed by atoms with Gasteiger partial charge in [-0.1, -0.05) is 127 Å². The third-order valence-electron chi connectivity index (χ3n) is 8.10. The number of hydrogen-bond donors (Lipinski definition) is 0. The van der Waals surface area contributed by atoms with Crippen molar-refractivity contribution in [2.24, 2.45) is 0 Å². The SMILES string of the molecule is CCCCC/C=C/C/C=C/C/C=C/C/C=C/CCCCCC(=O)O[C@H](COC(=O)CCCCCCCCCC)COP(=O)([O-])OCC[N+](C)(C)C. The second-order valence-corrected chi connectivity index (χ2v) is 15.7. The molecule has 10 heteroatoms. The highest BCUT2D eigenvalue weighted by molar-refractivity contribution is 7.45. The number of hydrogen-bond acceptors (Lipinski definition) is 8. The highest BCUT2D eigenvalue weighted by Crippen LogP contribution is 2.38. The number of phosphoric ester groups is 1. The number of quaternary nitrogens is 1. The highest BCUT2D eigenvalue weighted by Gasteiger charge is 2.21. The molecule has 2 atom stereocenters. The van der Waals surface area contributed by atoms with Crippen LogP contribution in [-0.4, -0.2) is 70.0 Å². The molecule has 1 unspecified atom stereocenters. The number of esters is 2. The van der Waals surface area contributed by atoms with E-state index in [0.717, 1.165) is 57.8 Å². The molecule has 0 aliphatic carbocycles. The van der Waals surface area contributed by atoms with Gasteiger partial charge in [0.2, 0.25) is 0 Å². The van der Waals surface area contributed by atoms with Crippen LogP contribution in [0.3, 0.4) is 0 Å². The van der Waals surface area contributed by atoms with Gasteiger partial charge in [0.25, 0.3) is 7.82 Å². The van der Waals surface area contributed by atoms with Gasteiger partial charge in [0.15, 0.2) is 6.10 Å². The number of allylic oxidation sites excluding steroid dienone is 8. The van der Waals surface area contributed by atoms with Gasteiger partial charge in [-0.25, -0.2) is 0 Å². The fourth-order valence-electron chi connectivity index (χ4n) is 4.93. The lowest BCUT2D eigenvalue weighted by Gasteiger charge is -2.28. The first kappa shape index (κ1) is 49.0. The summed E-state index contributed by atoms with van der Waals surface area (Å²) in [6.07, 6.45) is 37.2. The third kappa shape index (κ3) is 37.5. The van der Waals surface area contributed by atoms with Gasteiger partial charge in [-0.05, 0) is 57.8 Å². The summed E-state index contributed by atoms with van der Waals surface area (Å²) in [5.74, 6) is -0.879. The predicted molar refractivity (Wildman–Crippen MR) is 208 cm³/mol. The minimum Gasteiger partial charge on any atom is -0.756 e. The summed E-state index contributed by atoms with van der Waals surface area (Å²) in [6, 6.07) is 0. The van der Waals surface area contributed by atoms with Gasteiger partial charge < -0.3 is 27.9 Å². The number of ether oxygens (including phenoxy) is 2. The summed E-state index contributed by atoms with van der Waals surface area (Å²) in [5, 5.41) is 0. The molecule has 296 valence electrons. The lowest BCUT2D eigenvalue weighted by Crippen LogP contribution is -2.37. The van der Waals surface area contributed by atoms with E-state index in [1.54, 1.807) is 0 Å². The Morgan fingerprint density at radius 1 is 0.608 bits per heavy atom. The van der Waals surface area contributed by atoms with E-state index in [9.17, 15) is 19.0 Å². The normalized spacial score (nSPS) is 14.2. The summed E-state index contributed by atoms with van der Waals surface area (Å²) < 4.78 is 33.7. The molecule has 0 rings (SSSR count). The van der Waals surface area contributed by atoms with Gasteiger partial charge in [-0.2, -0.15) is 0 Å². The van der Waals surface area contributed by atoms with Crippen molar-refractivity contribution in [2.45, 2.75) is 155 Å². The number of phosphoric acid groups is 1. The van der Waals surface area contributed by atoms with Crippen molar-refractivity contribution in [3.63, 3.8) is 0 Å². The number of carbonyl (C=O) groups excluding carboxylic acids is 2. The Kier molecular flexibility index (Phi) is 32.4. The van der Waals surface area contributed by atoms with Gasteiger partial charge in [-0.3, -0.25) is 14.2 Å². The molecule has 0 saturated carbocycles. The number of nitrogens with zero attached hydrogens (tertiary/aromatic N) is 1. The monoisotopic (exact) mass is 740 g/mol. The molecule has 51 heavy (non-hydrogen) atoms. The first-order valence-corrected chi connectivity index (χ1v) is 21.3. The Morgan fingerprint density at radius 3 is 1.61 bits per heavy atom. The number of likely N-dealkylation sites (N-methyl/N-ethyl adjacent to an activating group) is 1. The number of unbranched alkanes of at least 4 members (excludes halogenated alkanes) is 13. The molecule has 0 saturated heterocycles. The zero-order valence-electron chi connectivity index (χ0n) is 33.0. The number of carbonyl (C=O) groups is 2. The molecular formula is C41H74NO8P. The van der Waals surface area contributed by atoms with E-state index < -0.39 is 32.5 Å². The Balaban J connectivity index is 4.44. The van der Waals surface area contributed by atoms with E-state index in [-0.39, 0.29) is 26.1 Å². The molecule has 0 amide bonds. The summed E-state index contributed by atoms with van der Waals surface area (Å²) in [6.45, 7) is 4.10. The molecule has 0 aromatic carbocycles. The molecule has 0 radical (unpaired) electrons. The topological polar surface area (TPSA) is 111 Å². The van der Waals surface area contributed by atoms with Crippen LogP contribution in [-0.2, 0) is 32.7 Å². The van der Waals surface area contributed by atoms with Gasteiger partial charge >= 0.3 is 11.9 Å². The summed E-state index contributed by atoms with van der Waals surface area (Å²) in [5.41, 5.74) is 0. The average molecular weight is 740 g/mol. The highest BCUT2D eigenvalue weighted by atomic mass is 31.2. The lowest BCUT2D eigenvalue weighted by atomic mass is 10.1. The summed E-state index contributed by atoms with van der Waals surface area (Å²) in [4.78, 5) is 37.2. The third-order valence-corrected chi connectivity index (χ3v) is 9.07. The van der Waals surface area contributed by atoms with E-state index in [1.807, 2.05) is 21.1 Å². The maximum absolute atomic E-state index is 12.6. The van der Waals surface area contributed by atoms with Crippen LogP contribution in [0.25, 0.3) is 0 Å². The van der Waals surface area contributed by atoms with Crippen molar-refractivity contribution in [1.29, 1.82) is 0 Å². The van der Waals surface area contributed by atoms with E-state index in [0.29, 0.717) is 17.4 Å². The van der Waals surface area contributed by atoms with Gasteiger partial charge in [-0.15, -0.1) is 0 Å². The van der Waals surface area contributed by atoms with Crippen molar-refractivity contribution in [2.75, 3.05) is 47.5 Å². The fraction of sp³-hybridized carbons (Fsp3) is 0.756. The second-order valence-electron chi connectivity index (χ2n) is 14.3. The molecule has 0 aromatic heterocycles. The maximum atomic E-state index is 12.6. The Bertz CT molecular complexity index is 1020. The van der Waals surface area contributed by atoms with Crippen molar-refractivity contribution in [3.8, 4) is 0 Å². The second kappa shape index (κ2) is 33.8. The summed E-state index contributed by atoms with van der Waals surface area (Å²) in [7, 11) is 1.14. The number of rotatable bonds is 35. The average Bonchev–Trinajstić information content (AvgIpc) is 3.07. The predicted octanol–water partition coefficient (Wildman–Crippen LogP) is 10.1. The molecular weight excluding hydrogens is 665 g/mol. The van der Waals surface area contributed by atoms with Crippen LogP contribution in [0.5, 0.6) is 0 Å². The first-order valence-electron chi connectivity index (χ1n) is 19.8. The van der Waals surface area contributed by atoms with Crippen LogP contribution in [0.4, 0.5) is 0 Å². The minimum absolute atomic E-state index is 0.0383. The zero-order valence-corrected chi connectivity index (χ0v) is 33.9. The standard InChI is InChI=1S/C41H74NO8P/c1-6-8-10-12-14-16-17-18-19-20-21-22-23-24-25-26-28-30-32-34-41(44)50-39(38-49-51(45,46)48-36-35-42(3,4)5)37-47-40(43)33-31-29-27-15-13-11-9-7-2/h14,16,18-19,21-22,24-25,39H,6-13,15,17,20,23,26-38H2,1-5H3/b16-14+,19-18+,22-21+,25-24+/t39-/m1/s1. The van der Waals surface area contributed by atoms with Crippen LogP contribution in [0, 0.1) is 0 Å². The molecule has 0 spiro atoms. The van der Waals surface area contributed by atoms with Crippen LogP contribution in [0.1, 0.15) is 149 Å². The Labute approximate surface area is 312 Å². The maximum Gasteiger partial charge on any atom is 0.306 e. The van der Waals surface area contributed by atoms with Crippen LogP contribution < -0.4 is 4.89 Å². The van der Waals surface area contributed by atoms with E-state index >= 15 is 0 Å². The van der Waals surface area contributed by atoms with Crippen molar-refractivity contribution in [3.05, 3.63) is 48.6 Å². The molecule has 0 aliphatic heterocycles. The van der Waals surface area contributed by atoms with Crippen molar-refractivity contribution in [1.82, 2.24) is 0 Å². The molecule has 0 N–H and O–H groups in total. The van der Waals surface area contributed by atoms with Crippen molar-refractivity contribution >= 4 is 19.8 Å². The molecule has 0 heterocycles. The lowest BCUT2D eigenvalue weighted by molar-refractivity contribution is -0.870. The van der Waals surface area contributed by atoms with E-state index in [1.165, 1.54) is 57.8 Å². The largest absolute Gasteiger partial charge is 0.756 e. The van der Waals surface area contributed by atoms with Crippen LogP contribution in [0.2, 0.25) is 0 Å². The molecule has 0 bridgehead atoms. The molecule has 0 fully saturated rings. The fourth-order valence-corrected chi connectivity index (χ4v) is 5.66. The zero-order chi connectivity index (χ0) is 37.9. The molecule has 0 aliphatic rings. The smallest absolute Gasteiger partial charge is 0.306 e.